The zero-order valence-electron chi connectivity index (χ0n) is 14.9. The number of benzene rings is 2. The number of nitrogens with one attached hydrogen (secondary N) is 2. The van der Waals surface area contributed by atoms with E-state index in [-0.39, 0.29) is 17.4 Å². The van der Waals surface area contributed by atoms with Crippen molar-refractivity contribution in [3.63, 3.8) is 0 Å². The van der Waals surface area contributed by atoms with Crippen LogP contribution in [-0.2, 0) is 14.8 Å². The number of aromatic nitrogens is 1. The standard InChI is InChI=1S/C17H16FN3O4S3/c1-25-14-6-4-10(7-12(14)18)19-16(22)9-26-17-20-13-5-3-11(8-15(13)27-17)21-28(2,23)24/h3-8,21H,9H2,1-2H3,(H,19,22). The van der Waals surface area contributed by atoms with Crippen molar-refractivity contribution < 1.29 is 22.3 Å². The van der Waals surface area contributed by atoms with Gasteiger partial charge in [0.05, 0.1) is 35.0 Å². The monoisotopic (exact) mass is 441 g/mol. The molecule has 3 rings (SSSR count). The van der Waals surface area contributed by atoms with Crippen molar-refractivity contribution in [1.82, 2.24) is 4.98 Å². The summed E-state index contributed by atoms with van der Waals surface area (Å²) in [6, 6.07) is 9.21. The highest BCUT2D eigenvalue weighted by Gasteiger charge is 2.11. The molecule has 1 amide bonds. The van der Waals surface area contributed by atoms with Gasteiger partial charge in [-0.25, -0.2) is 17.8 Å². The number of thioether (sulfide) groups is 1. The fraction of sp³-hybridized carbons (Fsp3) is 0.176. The highest BCUT2D eigenvalue weighted by Crippen LogP contribution is 2.31. The molecule has 0 bridgehead atoms. The number of fused-ring (bicyclic) bond motifs is 1. The van der Waals surface area contributed by atoms with Gasteiger partial charge < -0.3 is 10.1 Å². The molecule has 1 heterocycles. The van der Waals surface area contributed by atoms with Crippen molar-refractivity contribution in [1.29, 1.82) is 0 Å². The van der Waals surface area contributed by atoms with Crippen LogP contribution in [0, 0.1) is 5.82 Å². The van der Waals surface area contributed by atoms with Crippen LogP contribution in [0.3, 0.4) is 0 Å². The molecule has 0 fully saturated rings. The molecule has 7 nitrogen and oxygen atoms in total. The molecule has 0 radical (unpaired) electrons. The quantitative estimate of drug-likeness (QED) is 0.544. The number of halogens is 1. The lowest BCUT2D eigenvalue weighted by Gasteiger charge is -2.06. The van der Waals surface area contributed by atoms with Crippen LogP contribution >= 0.6 is 23.1 Å². The highest BCUT2D eigenvalue weighted by molar-refractivity contribution is 8.01. The first-order chi connectivity index (χ1) is 13.2. The molecule has 2 aromatic carbocycles. The summed E-state index contributed by atoms with van der Waals surface area (Å²) in [5.74, 6) is -0.653. The number of rotatable bonds is 7. The lowest BCUT2D eigenvalue weighted by atomic mass is 10.3. The van der Waals surface area contributed by atoms with Crippen LogP contribution in [0.2, 0.25) is 0 Å². The summed E-state index contributed by atoms with van der Waals surface area (Å²) >= 11 is 2.60. The van der Waals surface area contributed by atoms with Gasteiger partial charge in [-0.1, -0.05) is 11.8 Å². The van der Waals surface area contributed by atoms with Crippen molar-refractivity contribution in [3.05, 3.63) is 42.2 Å². The van der Waals surface area contributed by atoms with Gasteiger partial charge in [0.1, 0.15) is 0 Å². The molecule has 0 spiro atoms. The Morgan fingerprint density at radius 3 is 2.68 bits per heavy atom. The summed E-state index contributed by atoms with van der Waals surface area (Å²) in [6.07, 6.45) is 1.08. The third-order valence-electron chi connectivity index (χ3n) is 3.43. The first kappa shape index (κ1) is 20.4. The van der Waals surface area contributed by atoms with Gasteiger partial charge in [0, 0.05) is 11.8 Å². The average Bonchev–Trinajstić information content (AvgIpc) is 3.01. The number of anilines is 2. The van der Waals surface area contributed by atoms with Crippen molar-refractivity contribution in [3.8, 4) is 5.75 Å². The third kappa shape index (κ3) is 5.33. The number of hydrogen-bond donors (Lipinski definition) is 2. The maximum atomic E-state index is 13.7. The molecule has 0 aliphatic heterocycles. The van der Waals surface area contributed by atoms with E-state index in [4.69, 9.17) is 4.74 Å². The van der Waals surface area contributed by atoms with Gasteiger partial charge in [-0.05, 0) is 30.3 Å². The Balaban J connectivity index is 1.63. The Hall–Kier alpha value is -2.37. The maximum Gasteiger partial charge on any atom is 0.234 e. The molecule has 148 valence electrons. The predicted octanol–water partition coefficient (Wildman–Crippen LogP) is 3.55. The molecule has 0 saturated carbocycles. The second-order valence-corrected chi connectivity index (χ2v) is 9.72. The van der Waals surface area contributed by atoms with E-state index < -0.39 is 15.8 Å². The largest absolute Gasteiger partial charge is 0.494 e. The molecule has 11 heteroatoms. The number of nitrogens with zero attached hydrogens (tertiary/aromatic N) is 1. The van der Waals surface area contributed by atoms with E-state index in [1.165, 1.54) is 42.3 Å². The van der Waals surface area contributed by atoms with Gasteiger partial charge in [-0.2, -0.15) is 0 Å². The summed E-state index contributed by atoms with van der Waals surface area (Å²) in [7, 11) is -1.99. The molecule has 1 aromatic heterocycles. The summed E-state index contributed by atoms with van der Waals surface area (Å²) in [6.45, 7) is 0. The molecule has 28 heavy (non-hydrogen) atoms. The molecule has 2 N–H and O–H groups in total. The number of carbonyl (C=O) groups excluding carboxylic acids is 1. The number of carbonyl (C=O) groups is 1. The van der Waals surface area contributed by atoms with Crippen LogP contribution < -0.4 is 14.8 Å². The lowest BCUT2D eigenvalue weighted by Crippen LogP contribution is -2.14. The Bertz CT molecular complexity index is 1130. The van der Waals surface area contributed by atoms with Gasteiger partial charge in [-0.15, -0.1) is 11.3 Å². The summed E-state index contributed by atoms with van der Waals surface area (Å²) in [5.41, 5.74) is 1.50. The van der Waals surface area contributed by atoms with Gasteiger partial charge in [0.25, 0.3) is 0 Å². The molecule has 0 saturated heterocycles. The van der Waals surface area contributed by atoms with Crippen LogP contribution in [0.25, 0.3) is 10.2 Å². The van der Waals surface area contributed by atoms with Gasteiger partial charge in [0.15, 0.2) is 15.9 Å². The van der Waals surface area contributed by atoms with Crippen LogP contribution in [0.5, 0.6) is 5.75 Å². The van der Waals surface area contributed by atoms with Crippen LogP contribution in [0.1, 0.15) is 0 Å². The molecular formula is C17H16FN3O4S3. The zero-order chi connectivity index (χ0) is 20.3. The smallest absolute Gasteiger partial charge is 0.234 e. The highest BCUT2D eigenvalue weighted by atomic mass is 32.2. The van der Waals surface area contributed by atoms with Crippen molar-refractivity contribution >= 4 is 60.6 Å². The minimum absolute atomic E-state index is 0.0991. The van der Waals surface area contributed by atoms with Gasteiger partial charge in [-0.3, -0.25) is 9.52 Å². The Kier molecular flexibility index (Phi) is 6.06. The number of sulfonamides is 1. The lowest BCUT2D eigenvalue weighted by molar-refractivity contribution is -0.113. The van der Waals surface area contributed by atoms with Crippen LogP contribution in [0.15, 0.2) is 40.7 Å². The van der Waals surface area contributed by atoms with Gasteiger partial charge >= 0.3 is 0 Å². The van der Waals surface area contributed by atoms with E-state index in [1.54, 1.807) is 24.3 Å². The van der Waals surface area contributed by atoms with E-state index in [2.05, 4.69) is 15.0 Å². The SMILES string of the molecule is COc1ccc(NC(=O)CSc2nc3ccc(NS(C)(=O)=O)cc3s2)cc1F. The van der Waals surface area contributed by atoms with E-state index in [0.29, 0.717) is 21.2 Å². The fourth-order valence-electron chi connectivity index (χ4n) is 2.31. The summed E-state index contributed by atoms with van der Waals surface area (Å²) in [5, 5.41) is 2.62. The molecule has 3 aromatic rings. The number of amides is 1. The van der Waals surface area contributed by atoms with Crippen molar-refractivity contribution in [2.75, 3.05) is 29.2 Å². The zero-order valence-corrected chi connectivity index (χ0v) is 17.3. The average molecular weight is 442 g/mol. The Labute approximate surface area is 169 Å². The normalized spacial score (nSPS) is 11.4. The number of thiazole rings is 1. The summed E-state index contributed by atoms with van der Waals surface area (Å²) < 4.78 is 45.0. The van der Waals surface area contributed by atoms with Crippen LogP contribution in [-0.4, -0.2) is 38.4 Å². The van der Waals surface area contributed by atoms with Gasteiger partial charge in [0.2, 0.25) is 15.9 Å². The number of hydrogen-bond acceptors (Lipinski definition) is 7. The molecular weight excluding hydrogens is 425 g/mol. The first-order valence-corrected chi connectivity index (χ1v) is 11.6. The minimum atomic E-state index is -3.36. The Morgan fingerprint density at radius 1 is 1.25 bits per heavy atom. The fourth-order valence-corrected chi connectivity index (χ4v) is 4.77. The van der Waals surface area contributed by atoms with E-state index in [1.807, 2.05) is 0 Å². The first-order valence-electron chi connectivity index (χ1n) is 7.88. The number of methoxy groups -OCH3 is 1. The molecule has 0 aliphatic rings. The summed E-state index contributed by atoms with van der Waals surface area (Å²) in [4.78, 5) is 16.5. The number of ether oxygens (including phenoxy) is 1. The van der Waals surface area contributed by atoms with E-state index in [9.17, 15) is 17.6 Å². The molecule has 0 atom stereocenters. The minimum Gasteiger partial charge on any atom is -0.494 e. The second kappa shape index (κ2) is 8.33. The van der Waals surface area contributed by atoms with E-state index >= 15 is 0 Å². The Morgan fingerprint density at radius 2 is 2.00 bits per heavy atom. The van der Waals surface area contributed by atoms with Crippen LogP contribution in [0.4, 0.5) is 15.8 Å². The van der Waals surface area contributed by atoms with Crippen molar-refractivity contribution in [2.24, 2.45) is 0 Å². The molecule has 0 aliphatic carbocycles. The predicted molar refractivity (Wildman–Crippen MR) is 110 cm³/mol. The van der Waals surface area contributed by atoms with Crippen molar-refractivity contribution in [2.45, 2.75) is 4.34 Å². The van der Waals surface area contributed by atoms with E-state index in [0.717, 1.165) is 11.0 Å². The second-order valence-electron chi connectivity index (χ2n) is 5.72. The maximum absolute atomic E-state index is 13.7. The topological polar surface area (TPSA) is 97.4 Å². The third-order valence-corrected chi connectivity index (χ3v) is 6.20. The molecule has 0 unspecified atom stereocenters.